The zero-order chi connectivity index (χ0) is 35.4. The summed E-state index contributed by atoms with van der Waals surface area (Å²) in [4.78, 5) is 75.8. The molecule has 1 aliphatic heterocycles. The number of rotatable bonds is 12. The number of carbonyl (C=O) groups is 3. The number of benzene rings is 4. The number of hydrogen-bond donors (Lipinski definition) is 0. The number of esters is 2. The van der Waals surface area contributed by atoms with Gasteiger partial charge in [-0.05, 0) is 35.4 Å². The predicted octanol–water partition coefficient (Wildman–Crippen LogP) is 4.83. The summed E-state index contributed by atoms with van der Waals surface area (Å²) in [5.74, 6) is -3.63. The molecule has 0 N–H and O–H groups in total. The monoisotopic (exact) mass is 678 g/mol. The van der Waals surface area contributed by atoms with Crippen LogP contribution in [0.4, 0.5) is 11.4 Å². The van der Waals surface area contributed by atoms with Crippen LogP contribution in [0.5, 0.6) is 0 Å². The largest absolute Gasteiger partial charge is 0.459 e. The number of hydrogen-bond acceptors (Lipinski definition) is 11. The highest BCUT2D eigenvalue weighted by atomic mass is 16.6. The van der Waals surface area contributed by atoms with Crippen molar-refractivity contribution in [3.8, 4) is 22.6 Å². The van der Waals surface area contributed by atoms with Crippen molar-refractivity contribution in [2.24, 2.45) is 0 Å². The lowest BCUT2D eigenvalue weighted by Crippen LogP contribution is -2.63. The predicted molar refractivity (Wildman–Crippen MR) is 174 cm³/mol. The van der Waals surface area contributed by atoms with E-state index in [0.29, 0.717) is 27.9 Å². The van der Waals surface area contributed by atoms with E-state index in [1.807, 2.05) is 0 Å². The van der Waals surface area contributed by atoms with E-state index in [4.69, 9.17) is 13.9 Å². The minimum atomic E-state index is -1.88. The summed E-state index contributed by atoms with van der Waals surface area (Å²) in [5, 5.41) is 22.0. The van der Waals surface area contributed by atoms with E-state index in [0.717, 1.165) is 4.90 Å². The van der Waals surface area contributed by atoms with Gasteiger partial charge in [0.2, 0.25) is 11.9 Å². The van der Waals surface area contributed by atoms with Crippen molar-refractivity contribution in [1.82, 2.24) is 9.47 Å². The van der Waals surface area contributed by atoms with Crippen LogP contribution in [0.2, 0.25) is 0 Å². The molecule has 5 aromatic rings. The van der Waals surface area contributed by atoms with Crippen molar-refractivity contribution in [3.63, 3.8) is 0 Å². The van der Waals surface area contributed by atoms with Crippen LogP contribution in [0.15, 0.2) is 118 Å². The highest BCUT2D eigenvalue weighted by Gasteiger charge is 2.50. The van der Waals surface area contributed by atoms with E-state index >= 15 is 0 Å². The van der Waals surface area contributed by atoms with Crippen LogP contribution >= 0.6 is 0 Å². The fourth-order valence-corrected chi connectivity index (χ4v) is 5.42. The molecule has 1 unspecified atom stereocenters. The maximum atomic E-state index is 13.8. The molecule has 1 amide bonds. The van der Waals surface area contributed by atoms with E-state index in [9.17, 15) is 39.4 Å². The Labute approximate surface area is 282 Å². The number of aromatic nitrogens is 1. The number of nitro groups is 2. The number of non-ortho nitro benzene ring substituents is 2. The second-order valence-electron chi connectivity index (χ2n) is 11.1. The van der Waals surface area contributed by atoms with Crippen molar-refractivity contribution < 1.29 is 38.1 Å². The van der Waals surface area contributed by atoms with Crippen molar-refractivity contribution in [2.45, 2.75) is 25.3 Å². The van der Waals surface area contributed by atoms with Crippen LogP contribution in [0.1, 0.15) is 17.2 Å². The number of β-lactam (4-membered cyclic amide) rings is 1. The first-order valence-electron chi connectivity index (χ1n) is 15.1. The second-order valence-corrected chi connectivity index (χ2v) is 11.1. The highest BCUT2D eigenvalue weighted by Crippen LogP contribution is 2.37. The third-order valence-electron chi connectivity index (χ3n) is 7.99. The van der Waals surface area contributed by atoms with Gasteiger partial charge in [-0.25, -0.2) is 14.4 Å². The summed E-state index contributed by atoms with van der Waals surface area (Å²) in [5.41, 5.74) is 1.91. The maximum Gasteiger partial charge on any atom is 0.420 e. The van der Waals surface area contributed by atoms with Gasteiger partial charge in [-0.3, -0.25) is 29.6 Å². The zero-order valence-corrected chi connectivity index (χ0v) is 25.9. The molecule has 2 heterocycles. The summed E-state index contributed by atoms with van der Waals surface area (Å²) in [6.45, 7) is -1.03. The van der Waals surface area contributed by atoms with Gasteiger partial charge < -0.3 is 18.8 Å². The van der Waals surface area contributed by atoms with E-state index in [-0.39, 0.29) is 36.9 Å². The van der Waals surface area contributed by atoms with E-state index < -0.39 is 45.5 Å². The molecule has 1 atom stereocenters. The average molecular weight is 679 g/mol. The molecule has 0 radical (unpaired) electrons. The Hall–Kier alpha value is -6.90. The Morgan fingerprint density at radius 3 is 1.62 bits per heavy atom. The minimum absolute atomic E-state index is 0.176. The molecular formula is C35H26N4O11. The molecule has 6 rings (SSSR count). The summed E-state index contributed by atoms with van der Waals surface area (Å²) in [6.07, 6.45) is 0. The van der Waals surface area contributed by atoms with Crippen LogP contribution in [-0.4, -0.2) is 49.7 Å². The van der Waals surface area contributed by atoms with E-state index in [1.54, 1.807) is 60.7 Å². The normalized spacial score (nSPS) is 13.8. The molecule has 1 aliphatic rings. The molecule has 1 aromatic heterocycles. The maximum absolute atomic E-state index is 13.8. The lowest BCUT2D eigenvalue weighted by Gasteiger charge is -2.41. The van der Waals surface area contributed by atoms with Crippen LogP contribution in [0, 0.1) is 20.2 Å². The van der Waals surface area contributed by atoms with Gasteiger partial charge in [0.05, 0.1) is 22.1 Å². The van der Waals surface area contributed by atoms with Crippen LogP contribution in [0.25, 0.3) is 22.6 Å². The second kappa shape index (κ2) is 14.1. The quantitative estimate of drug-likeness (QED) is 0.0577. The zero-order valence-electron chi connectivity index (χ0n) is 25.9. The fraction of sp³-hybridized carbons (Fsp3) is 0.143. The minimum Gasteiger partial charge on any atom is -0.459 e. The standard InChI is InChI=1S/C35H26N4O11/c40-32-28(37-29(24-7-3-1-4-8-24)31(50-35(37)43)25-9-5-2-6-10-25)19-36(32)30(33(41)48-20-22-11-15-26(16-12-22)38(44)45)34(42)49-21-23-13-17-27(18-14-23)39(46)47/h1-18,28,30H,19-21H2. The molecule has 0 spiro atoms. The van der Waals surface area contributed by atoms with Crippen LogP contribution < -0.4 is 5.76 Å². The third-order valence-corrected chi connectivity index (χ3v) is 7.99. The lowest BCUT2D eigenvalue weighted by atomic mass is 10.0. The number of nitrogens with zero attached hydrogens (tertiary/aromatic N) is 4. The SMILES string of the molecule is O=C(OCc1ccc([N+](=O)[O-])cc1)C(C(=O)OCc1ccc([N+](=O)[O-])cc1)N1CC(n2c(-c3ccccc3)c(-c3ccccc3)oc2=O)C1=O. The highest BCUT2D eigenvalue weighted by molar-refractivity contribution is 6.04. The van der Waals surface area contributed by atoms with Crippen molar-refractivity contribution in [1.29, 1.82) is 0 Å². The molecule has 15 heteroatoms. The number of oxazole rings is 1. The van der Waals surface area contributed by atoms with Gasteiger partial charge in [-0.2, -0.15) is 0 Å². The van der Waals surface area contributed by atoms with Crippen LogP contribution in [-0.2, 0) is 37.1 Å². The number of ether oxygens (including phenoxy) is 2. The van der Waals surface area contributed by atoms with Crippen LogP contribution in [0.3, 0.4) is 0 Å². The molecule has 15 nitrogen and oxygen atoms in total. The van der Waals surface area contributed by atoms with Crippen molar-refractivity contribution >= 4 is 29.2 Å². The average Bonchev–Trinajstić information content (AvgIpc) is 3.47. The van der Waals surface area contributed by atoms with Gasteiger partial charge >= 0.3 is 17.7 Å². The molecule has 4 aromatic carbocycles. The Kier molecular flexibility index (Phi) is 9.29. The smallest absolute Gasteiger partial charge is 0.420 e. The first kappa shape index (κ1) is 33.0. The molecule has 1 fully saturated rings. The van der Waals surface area contributed by atoms with Gasteiger partial charge in [0.25, 0.3) is 11.4 Å². The summed E-state index contributed by atoms with van der Waals surface area (Å²) in [7, 11) is 0. The van der Waals surface area contributed by atoms with Gasteiger partial charge in [0.1, 0.15) is 19.3 Å². The first-order valence-corrected chi connectivity index (χ1v) is 15.1. The number of likely N-dealkylation sites (tertiary alicyclic amines) is 1. The topological polar surface area (TPSA) is 194 Å². The first-order chi connectivity index (χ1) is 24.1. The van der Waals surface area contributed by atoms with E-state index in [2.05, 4.69) is 0 Å². The van der Waals surface area contributed by atoms with Gasteiger partial charge in [0.15, 0.2) is 5.76 Å². The van der Waals surface area contributed by atoms with Gasteiger partial charge in [-0.15, -0.1) is 0 Å². The third kappa shape index (κ3) is 6.73. The van der Waals surface area contributed by atoms with Gasteiger partial charge in [-0.1, -0.05) is 60.7 Å². The Morgan fingerprint density at radius 2 is 1.18 bits per heavy atom. The molecular weight excluding hydrogens is 652 g/mol. The molecule has 0 saturated carbocycles. The Morgan fingerprint density at radius 1 is 0.720 bits per heavy atom. The number of amides is 1. The Balaban J connectivity index is 1.27. The molecule has 1 saturated heterocycles. The van der Waals surface area contributed by atoms with Gasteiger partial charge in [0, 0.05) is 35.4 Å². The summed E-state index contributed by atoms with van der Waals surface area (Å²) < 4.78 is 17.6. The molecule has 252 valence electrons. The van der Waals surface area contributed by atoms with Crippen molar-refractivity contribution in [2.75, 3.05) is 6.54 Å². The van der Waals surface area contributed by atoms with Crippen molar-refractivity contribution in [3.05, 3.63) is 151 Å². The Bertz CT molecular complexity index is 2050. The molecule has 0 aliphatic carbocycles. The molecule has 0 bridgehead atoms. The summed E-state index contributed by atoms with van der Waals surface area (Å²) >= 11 is 0. The summed E-state index contributed by atoms with van der Waals surface area (Å²) in [6, 6.07) is 25.0. The fourth-order valence-electron chi connectivity index (χ4n) is 5.42. The number of nitro benzene ring substituents is 2. The lowest BCUT2D eigenvalue weighted by molar-refractivity contribution is -0.385. The van der Waals surface area contributed by atoms with E-state index in [1.165, 1.54) is 53.1 Å². The molecule has 50 heavy (non-hydrogen) atoms. The number of carbonyl (C=O) groups excluding carboxylic acids is 3.